The lowest BCUT2D eigenvalue weighted by Gasteiger charge is -2.20. The Hall–Kier alpha value is -1.78. The van der Waals surface area contributed by atoms with Gasteiger partial charge in [0.1, 0.15) is 0 Å². The van der Waals surface area contributed by atoms with Crippen molar-refractivity contribution in [1.82, 2.24) is 10.3 Å². The van der Waals surface area contributed by atoms with Gasteiger partial charge in [0.2, 0.25) is 5.88 Å². The van der Waals surface area contributed by atoms with Crippen molar-refractivity contribution in [2.45, 2.75) is 32.9 Å². The molecule has 1 aromatic heterocycles. The number of aliphatic imine (C=N–C) groups is 1. The highest BCUT2D eigenvalue weighted by atomic mass is 16.5. The first-order valence-corrected chi connectivity index (χ1v) is 5.48. The van der Waals surface area contributed by atoms with Gasteiger partial charge in [-0.1, -0.05) is 0 Å². The third kappa shape index (κ3) is 5.19. The van der Waals surface area contributed by atoms with Crippen molar-refractivity contribution in [2.24, 2.45) is 10.7 Å². The summed E-state index contributed by atoms with van der Waals surface area (Å²) in [4.78, 5) is 8.28. The number of hydrogen-bond donors (Lipinski definition) is 2. The van der Waals surface area contributed by atoms with E-state index in [-0.39, 0.29) is 5.54 Å². The molecule has 5 nitrogen and oxygen atoms in total. The van der Waals surface area contributed by atoms with Crippen molar-refractivity contribution in [3.05, 3.63) is 23.9 Å². The van der Waals surface area contributed by atoms with E-state index < -0.39 is 0 Å². The van der Waals surface area contributed by atoms with Crippen LogP contribution in [0.5, 0.6) is 5.88 Å². The minimum absolute atomic E-state index is 0.0798. The Balaban J connectivity index is 2.62. The van der Waals surface area contributed by atoms with Crippen molar-refractivity contribution in [1.29, 1.82) is 0 Å². The standard InChI is InChI=1S/C12H20N4O/c1-12(2,3)16-11(13)15-8-9-5-6-14-10(7-9)17-4/h5-7H,8H2,1-4H3,(H3,13,15,16). The second kappa shape index (κ2) is 5.52. The Morgan fingerprint density at radius 2 is 2.24 bits per heavy atom. The minimum atomic E-state index is -0.0798. The van der Waals surface area contributed by atoms with Crippen molar-refractivity contribution in [3.63, 3.8) is 0 Å². The lowest BCUT2D eigenvalue weighted by atomic mass is 10.1. The quantitative estimate of drug-likeness (QED) is 0.613. The molecule has 94 valence electrons. The van der Waals surface area contributed by atoms with Crippen LogP contribution < -0.4 is 15.8 Å². The fourth-order valence-corrected chi connectivity index (χ4v) is 1.26. The molecule has 0 saturated heterocycles. The van der Waals surface area contributed by atoms with Crippen LogP contribution >= 0.6 is 0 Å². The molecule has 0 aliphatic heterocycles. The number of aromatic nitrogens is 1. The van der Waals surface area contributed by atoms with Gasteiger partial charge in [-0.2, -0.15) is 0 Å². The molecular weight excluding hydrogens is 216 g/mol. The van der Waals surface area contributed by atoms with Crippen LogP contribution in [0.3, 0.4) is 0 Å². The summed E-state index contributed by atoms with van der Waals surface area (Å²) in [5.74, 6) is 1.02. The second-order valence-electron chi connectivity index (χ2n) is 4.78. The van der Waals surface area contributed by atoms with E-state index in [1.165, 1.54) is 0 Å². The monoisotopic (exact) mass is 236 g/mol. The molecule has 3 N–H and O–H groups in total. The first kappa shape index (κ1) is 13.3. The molecule has 0 aliphatic rings. The van der Waals surface area contributed by atoms with Gasteiger partial charge in [-0.15, -0.1) is 0 Å². The minimum Gasteiger partial charge on any atom is -0.481 e. The number of guanidine groups is 1. The van der Waals surface area contributed by atoms with Crippen LogP contribution in [-0.2, 0) is 6.54 Å². The highest BCUT2D eigenvalue weighted by Crippen LogP contribution is 2.09. The van der Waals surface area contributed by atoms with Gasteiger partial charge in [0.15, 0.2) is 5.96 Å². The van der Waals surface area contributed by atoms with Crippen molar-refractivity contribution < 1.29 is 4.74 Å². The largest absolute Gasteiger partial charge is 0.481 e. The summed E-state index contributed by atoms with van der Waals surface area (Å²) < 4.78 is 5.04. The molecule has 0 aliphatic carbocycles. The third-order valence-electron chi connectivity index (χ3n) is 1.94. The molecular formula is C12H20N4O. The summed E-state index contributed by atoms with van der Waals surface area (Å²) in [5, 5.41) is 3.10. The SMILES string of the molecule is COc1cc(CN=C(N)NC(C)(C)C)ccn1. The Morgan fingerprint density at radius 1 is 1.53 bits per heavy atom. The van der Waals surface area contributed by atoms with E-state index in [2.05, 4.69) is 15.3 Å². The number of pyridine rings is 1. The van der Waals surface area contributed by atoms with Crippen molar-refractivity contribution in [3.8, 4) is 5.88 Å². The maximum Gasteiger partial charge on any atom is 0.213 e. The summed E-state index contributed by atoms with van der Waals surface area (Å²) in [7, 11) is 1.59. The van der Waals surface area contributed by atoms with Crippen LogP contribution in [-0.4, -0.2) is 23.6 Å². The average Bonchev–Trinajstić information content (AvgIpc) is 2.24. The summed E-state index contributed by atoms with van der Waals surface area (Å²) >= 11 is 0. The first-order valence-electron chi connectivity index (χ1n) is 5.48. The lowest BCUT2D eigenvalue weighted by molar-refractivity contribution is 0.397. The maximum absolute atomic E-state index is 5.77. The third-order valence-corrected chi connectivity index (χ3v) is 1.94. The second-order valence-corrected chi connectivity index (χ2v) is 4.78. The zero-order chi connectivity index (χ0) is 12.9. The van der Waals surface area contributed by atoms with Crippen LogP contribution in [0.4, 0.5) is 0 Å². The molecule has 0 saturated carbocycles. The fourth-order valence-electron chi connectivity index (χ4n) is 1.26. The van der Waals surface area contributed by atoms with Gasteiger partial charge in [0.25, 0.3) is 0 Å². The molecule has 1 heterocycles. The molecule has 17 heavy (non-hydrogen) atoms. The fraction of sp³-hybridized carbons (Fsp3) is 0.500. The van der Waals surface area contributed by atoms with E-state index in [9.17, 15) is 0 Å². The molecule has 0 unspecified atom stereocenters. The predicted octanol–water partition coefficient (Wildman–Crippen LogP) is 1.29. The number of ether oxygens (including phenoxy) is 1. The van der Waals surface area contributed by atoms with E-state index in [4.69, 9.17) is 10.5 Å². The first-order chi connectivity index (χ1) is 7.90. The molecule has 1 rings (SSSR count). The van der Waals surface area contributed by atoms with Gasteiger partial charge in [-0.05, 0) is 32.4 Å². The molecule has 5 heteroatoms. The number of nitrogens with zero attached hydrogens (tertiary/aromatic N) is 2. The number of methoxy groups -OCH3 is 1. The normalized spacial score (nSPS) is 12.4. The Labute approximate surface area is 102 Å². The number of nitrogens with one attached hydrogen (secondary N) is 1. The Kier molecular flexibility index (Phi) is 4.31. The summed E-state index contributed by atoms with van der Waals surface area (Å²) in [5.41, 5.74) is 6.70. The van der Waals surface area contributed by atoms with Crippen LogP contribution in [0.15, 0.2) is 23.3 Å². The number of rotatable bonds is 3. The zero-order valence-corrected chi connectivity index (χ0v) is 10.8. The molecule has 1 aromatic rings. The number of hydrogen-bond acceptors (Lipinski definition) is 3. The van der Waals surface area contributed by atoms with Gasteiger partial charge >= 0.3 is 0 Å². The number of nitrogens with two attached hydrogens (primary N) is 1. The highest BCUT2D eigenvalue weighted by molar-refractivity contribution is 5.78. The topological polar surface area (TPSA) is 72.5 Å². The van der Waals surface area contributed by atoms with Gasteiger partial charge in [-0.3, -0.25) is 0 Å². The van der Waals surface area contributed by atoms with Crippen LogP contribution in [0.25, 0.3) is 0 Å². The summed E-state index contributed by atoms with van der Waals surface area (Å²) in [6, 6.07) is 3.73. The van der Waals surface area contributed by atoms with Gasteiger partial charge in [0, 0.05) is 17.8 Å². The summed E-state index contributed by atoms with van der Waals surface area (Å²) in [6.07, 6.45) is 1.69. The Bertz CT molecular complexity index is 396. The maximum atomic E-state index is 5.77. The van der Waals surface area contributed by atoms with Crippen molar-refractivity contribution in [2.75, 3.05) is 7.11 Å². The van der Waals surface area contributed by atoms with Crippen LogP contribution in [0.2, 0.25) is 0 Å². The summed E-state index contributed by atoms with van der Waals surface area (Å²) in [6.45, 7) is 6.61. The van der Waals surface area contributed by atoms with Gasteiger partial charge in [-0.25, -0.2) is 9.98 Å². The van der Waals surface area contributed by atoms with E-state index in [1.54, 1.807) is 13.3 Å². The molecule has 0 spiro atoms. The van der Waals surface area contributed by atoms with Crippen molar-refractivity contribution >= 4 is 5.96 Å². The van der Waals surface area contributed by atoms with E-state index in [1.807, 2.05) is 32.9 Å². The average molecular weight is 236 g/mol. The molecule has 0 amide bonds. The van der Waals surface area contributed by atoms with Gasteiger partial charge < -0.3 is 15.8 Å². The molecule has 0 atom stereocenters. The zero-order valence-electron chi connectivity index (χ0n) is 10.8. The predicted molar refractivity (Wildman–Crippen MR) is 69.0 cm³/mol. The molecule has 0 fully saturated rings. The Morgan fingerprint density at radius 3 is 2.82 bits per heavy atom. The van der Waals surface area contributed by atoms with Gasteiger partial charge in [0.05, 0.1) is 13.7 Å². The molecule has 0 aromatic carbocycles. The van der Waals surface area contributed by atoms with Crippen LogP contribution in [0.1, 0.15) is 26.3 Å². The van der Waals surface area contributed by atoms with E-state index in [0.717, 1.165) is 5.56 Å². The van der Waals surface area contributed by atoms with Crippen LogP contribution in [0, 0.1) is 0 Å². The van der Waals surface area contributed by atoms with E-state index in [0.29, 0.717) is 18.4 Å². The molecule has 0 radical (unpaired) electrons. The smallest absolute Gasteiger partial charge is 0.213 e. The highest BCUT2D eigenvalue weighted by Gasteiger charge is 2.09. The lowest BCUT2D eigenvalue weighted by Crippen LogP contribution is -2.44. The van der Waals surface area contributed by atoms with E-state index >= 15 is 0 Å². The molecule has 0 bridgehead atoms.